The normalized spacial score (nSPS) is 12.1. The first kappa shape index (κ1) is 43.3. The molecule has 0 atom stereocenters. The summed E-state index contributed by atoms with van der Waals surface area (Å²) in [5, 5.41) is 71.9. The Morgan fingerprint density at radius 1 is 0.468 bits per heavy atom. The maximum absolute atomic E-state index is 13.0. The summed E-state index contributed by atoms with van der Waals surface area (Å²) < 4.78 is 69.1. The lowest BCUT2D eigenvalue weighted by Crippen LogP contribution is -2.16. The number of aromatic hydroxyl groups is 4. The third-order valence-corrected chi connectivity index (χ3v) is 10.0. The molecule has 0 aromatic heterocycles. The Kier molecular flexibility index (Phi) is 12.5. The maximum atomic E-state index is 13.0. The van der Waals surface area contributed by atoms with Crippen molar-refractivity contribution in [2.75, 3.05) is 16.0 Å². The van der Waals surface area contributed by atoms with Gasteiger partial charge >= 0.3 is 0 Å². The zero-order chi connectivity index (χ0) is 44.8. The number of nitrogens with zero attached hydrogens (tertiary/aromatic N) is 5. The largest absolute Gasteiger partial charge is 0.508 e. The van der Waals surface area contributed by atoms with Crippen LogP contribution in [0.2, 0.25) is 0 Å². The van der Waals surface area contributed by atoms with Crippen LogP contribution in [0.1, 0.15) is 20.7 Å². The smallest absolute Gasteiger partial charge is 0.296 e. The van der Waals surface area contributed by atoms with Gasteiger partial charge in [0.25, 0.3) is 38.1 Å². The van der Waals surface area contributed by atoms with E-state index < -0.39 is 47.9 Å². The Labute approximate surface area is 350 Å². The molecule has 0 fully saturated rings. The van der Waals surface area contributed by atoms with Crippen LogP contribution in [0.3, 0.4) is 0 Å². The minimum absolute atomic E-state index is 0.0422. The molecule has 0 spiro atoms. The van der Waals surface area contributed by atoms with E-state index in [9.17, 15) is 61.1 Å². The molecule has 6 aromatic rings. The number of hydrogen-bond donors (Lipinski definition) is 10. The van der Waals surface area contributed by atoms with Gasteiger partial charge in [0.1, 0.15) is 44.2 Å². The first-order valence-electron chi connectivity index (χ1n) is 17.3. The number of aliphatic hydroxyl groups is 1. The third-order valence-electron chi connectivity index (χ3n) is 8.21. The minimum Gasteiger partial charge on any atom is -0.508 e. The van der Waals surface area contributed by atoms with Gasteiger partial charge in [-0.25, -0.2) is 0 Å². The molecule has 0 heterocycles. The molecule has 0 radical (unpaired) electrons. The highest BCUT2D eigenvalue weighted by molar-refractivity contribution is 7.86. The van der Waals surface area contributed by atoms with E-state index in [2.05, 4.69) is 41.4 Å². The number of aliphatic imine (C=N–C) groups is 1. The highest BCUT2D eigenvalue weighted by Gasteiger charge is 2.21. The molecular weight excluding hydrogens is 853 g/mol. The highest BCUT2D eigenvalue weighted by Crippen LogP contribution is 2.33. The van der Waals surface area contributed by atoms with E-state index in [0.717, 1.165) is 36.4 Å². The molecule has 0 saturated carbocycles. The van der Waals surface area contributed by atoms with Crippen molar-refractivity contribution in [3.8, 4) is 23.0 Å². The molecule has 21 nitrogen and oxygen atoms in total. The summed E-state index contributed by atoms with van der Waals surface area (Å²) >= 11 is 0. The van der Waals surface area contributed by atoms with Gasteiger partial charge in [-0.05, 0) is 109 Å². The Balaban J connectivity index is 1.13. The van der Waals surface area contributed by atoms with E-state index >= 15 is 0 Å². The standard InChI is InChI=1S/C39H30N8O13S2/c48-27-11-15-29(33(50)19-27)46-44-23-5-1-21(2-6-23)37(52)42-31-13-9-25(17-35(31)61(55,56)57)40-39(54)41-26-10-14-32(36(18-26)62(58,59)60)43-38(53)22-3-7-24(8-4-22)45-47-30-16-12-28(49)20-34(30)51/h1-20,48-51H,(H,42,52)(H,43,53)(H2,40,41,54)(H,55,56,57)(H,58,59,60). The summed E-state index contributed by atoms with van der Waals surface area (Å²) in [7, 11) is -10.00. The Morgan fingerprint density at radius 3 is 1.32 bits per heavy atom. The molecule has 62 heavy (non-hydrogen) atoms. The number of azo groups is 2. The monoisotopic (exact) mass is 882 g/mol. The van der Waals surface area contributed by atoms with E-state index in [1.54, 1.807) is 0 Å². The second-order valence-electron chi connectivity index (χ2n) is 12.6. The number of amidine groups is 1. The summed E-state index contributed by atoms with van der Waals surface area (Å²) in [5.41, 5.74) is -0.368. The van der Waals surface area contributed by atoms with Crippen molar-refractivity contribution in [1.82, 2.24) is 0 Å². The lowest BCUT2D eigenvalue weighted by atomic mass is 10.2. The molecule has 0 saturated heterocycles. The SMILES string of the molecule is O=C(Nc1ccc(N=C(O)Nc2ccc(NC(=O)c3ccc(N=Nc4ccc(O)cc4O)cc3)c(S(=O)(=O)O)c2)cc1S(=O)(=O)O)c1ccc(N=Nc2ccc(O)cc2O)cc1. The van der Waals surface area contributed by atoms with Gasteiger partial charge in [0, 0.05) is 28.9 Å². The van der Waals surface area contributed by atoms with E-state index in [-0.39, 0.29) is 79.6 Å². The van der Waals surface area contributed by atoms with E-state index in [4.69, 9.17) is 0 Å². The topological polar surface area (TPSA) is 342 Å². The number of phenolic OH excluding ortho intramolecular Hbond substituents is 4. The minimum atomic E-state index is -5.00. The van der Waals surface area contributed by atoms with Crippen molar-refractivity contribution < 1.29 is 61.1 Å². The second-order valence-corrected chi connectivity index (χ2v) is 15.4. The molecule has 23 heteroatoms. The zero-order valence-electron chi connectivity index (χ0n) is 31.2. The average molecular weight is 883 g/mol. The fourth-order valence-corrected chi connectivity index (χ4v) is 6.60. The van der Waals surface area contributed by atoms with Crippen LogP contribution < -0.4 is 16.0 Å². The molecule has 10 N–H and O–H groups in total. The first-order valence-corrected chi connectivity index (χ1v) is 20.2. The van der Waals surface area contributed by atoms with E-state index in [0.29, 0.717) is 0 Å². The average Bonchev–Trinajstić information content (AvgIpc) is 3.21. The lowest BCUT2D eigenvalue weighted by molar-refractivity contribution is 0.101. The van der Waals surface area contributed by atoms with Crippen LogP contribution in [0.4, 0.5) is 45.5 Å². The predicted molar refractivity (Wildman–Crippen MR) is 223 cm³/mol. The zero-order valence-corrected chi connectivity index (χ0v) is 32.8. The highest BCUT2D eigenvalue weighted by atomic mass is 32.2. The Bertz CT molecular complexity index is 3030. The number of nitrogens with one attached hydrogen (secondary N) is 3. The molecule has 6 aromatic carbocycles. The van der Waals surface area contributed by atoms with Gasteiger partial charge < -0.3 is 41.5 Å². The Morgan fingerprint density at radius 2 is 0.887 bits per heavy atom. The van der Waals surface area contributed by atoms with E-state index in [1.807, 2.05) is 0 Å². The number of benzene rings is 6. The molecule has 0 unspecified atom stereocenters. The lowest BCUT2D eigenvalue weighted by Gasteiger charge is -2.12. The third kappa shape index (κ3) is 11.1. The summed E-state index contributed by atoms with van der Waals surface area (Å²) in [5.74, 6) is -2.55. The molecule has 316 valence electrons. The van der Waals surface area contributed by atoms with Crippen molar-refractivity contribution in [1.29, 1.82) is 0 Å². The number of carbonyl (C=O) groups excluding carboxylic acids is 2. The van der Waals surface area contributed by atoms with Gasteiger partial charge in [-0.3, -0.25) is 18.7 Å². The number of amides is 2. The van der Waals surface area contributed by atoms with Gasteiger partial charge in [0.05, 0.1) is 28.4 Å². The van der Waals surface area contributed by atoms with Crippen molar-refractivity contribution in [2.45, 2.75) is 9.79 Å². The van der Waals surface area contributed by atoms with E-state index in [1.165, 1.54) is 84.9 Å². The molecule has 2 amide bonds. The summed E-state index contributed by atoms with van der Waals surface area (Å²) in [6, 6.07) is 23.7. The number of carbonyl (C=O) groups is 2. The fraction of sp³-hybridized carbons (Fsp3) is 0. The van der Waals surface area contributed by atoms with Crippen molar-refractivity contribution in [2.24, 2.45) is 25.4 Å². The molecular formula is C39H30N8O13S2. The summed E-state index contributed by atoms with van der Waals surface area (Å²) in [4.78, 5) is 28.2. The van der Waals surface area contributed by atoms with Crippen molar-refractivity contribution >= 4 is 83.6 Å². The number of anilines is 3. The van der Waals surface area contributed by atoms with Crippen LogP contribution in [0, 0.1) is 0 Å². The molecule has 6 rings (SSSR count). The first-order chi connectivity index (χ1) is 29.3. The quantitative estimate of drug-likeness (QED) is 0.0241. The number of rotatable bonds is 12. The number of phenols is 4. The van der Waals surface area contributed by atoms with Gasteiger partial charge in [0.2, 0.25) is 0 Å². The van der Waals surface area contributed by atoms with Crippen LogP contribution in [0.25, 0.3) is 0 Å². The second kappa shape index (κ2) is 17.9. The van der Waals surface area contributed by atoms with Gasteiger partial charge in [-0.2, -0.15) is 32.1 Å². The van der Waals surface area contributed by atoms with Gasteiger partial charge in [0.15, 0.2) is 0 Å². The Hall–Kier alpha value is -8.25. The maximum Gasteiger partial charge on any atom is 0.296 e. The van der Waals surface area contributed by atoms with Crippen LogP contribution in [-0.4, -0.2) is 69.3 Å². The van der Waals surface area contributed by atoms with Gasteiger partial charge in [-0.1, -0.05) is 0 Å². The molecule has 0 aliphatic rings. The summed E-state index contributed by atoms with van der Waals surface area (Å²) in [6.07, 6.45) is 0. The molecule has 0 aliphatic heterocycles. The predicted octanol–water partition coefficient (Wildman–Crippen LogP) is 8.00. The summed E-state index contributed by atoms with van der Waals surface area (Å²) in [6.45, 7) is 0. The fourth-order valence-electron chi connectivity index (χ4n) is 5.26. The molecule has 0 aliphatic carbocycles. The number of aliphatic hydroxyl groups excluding tert-OH is 1. The van der Waals surface area contributed by atoms with Crippen molar-refractivity contribution in [3.63, 3.8) is 0 Å². The van der Waals surface area contributed by atoms with Crippen LogP contribution in [0.5, 0.6) is 23.0 Å². The van der Waals surface area contributed by atoms with Gasteiger partial charge in [-0.15, -0.1) is 10.2 Å². The number of hydrogen-bond acceptors (Lipinski definition) is 15. The van der Waals surface area contributed by atoms with Crippen molar-refractivity contribution in [3.05, 3.63) is 132 Å². The van der Waals surface area contributed by atoms with Crippen LogP contribution >= 0.6 is 0 Å². The molecule has 0 bridgehead atoms. The van der Waals surface area contributed by atoms with Crippen LogP contribution in [0.15, 0.2) is 157 Å². The van der Waals surface area contributed by atoms with Crippen LogP contribution in [-0.2, 0) is 20.2 Å².